The number of carbonyl (C=O) groups is 2. The molecule has 1 fully saturated rings. The van der Waals surface area contributed by atoms with Gasteiger partial charge in [-0.3, -0.25) is 9.69 Å². The van der Waals surface area contributed by atoms with Crippen LogP contribution in [-0.2, 0) is 11.3 Å². The molecule has 1 atom stereocenters. The maximum atomic E-state index is 12.2. The molecule has 0 aliphatic carbocycles. The number of benzene rings is 1. The van der Waals surface area contributed by atoms with Gasteiger partial charge in [-0.1, -0.05) is 12.1 Å². The van der Waals surface area contributed by atoms with Crippen molar-refractivity contribution in [3.05, 3.63) is 29.8 Å². The topological polar surface area (TPSA) is 146 Å². The van der Waals surface area contributed by atoms with Gasteiger partial charge in [-0.05, 0) is 17.7 Å². The third-order valence-electron chi connectivity index (χ3n) is 3.45. The van der Waals surface area contributed by atoms with E-state index in [4.69, 9.17) is 16.6 Å². The number of carboxylic acid groups (broad SMARTS) is 1. The fraction of sp³-hybridized carbons (Fsp3) is 0.357. The summed E-state index contributed by atoms with van der Waals surface area (Å²) in [6.45, 7) is 1.44. The van der Waals surface area contributed by atoms with Crippen LogP contribution in [0.3, 0.4) is 0 Å². The smallest absolute Gasteiger partial charge is 0.408 e. The van der Waals surface area contributed by atoms with E-state index in [0.717, 1.165) is 10.5 Å². The first-order chi connectivity index (χ1) is 11.0. The van der Waals surface area contributed by atoms with Crippen molar-refractivity contribution >= 4 is 23.6 Å². The van der Waals surface area contributed by atoms with Gasteiger partial charge in [-0.15, -0.1) is 0 Å². The Labute approximate surface area is 133 Å². The number of nitrogens with zero attached hydrogens (tertiary/aromatic N) is 2. The second-order valence-electron chi connectivity index (χ2n) is 5.12. The van der Waals surface area contributed by atoms with Gasteiger partial charge in [0, 0.05) is 26.2 Å². The Hall–Kier alpha value is -2.81. The molecule has 1 unspecified atom stereocenters. The van der Waals surface area contributed by atoms with Gasteiger partial charge in [0.05, 0.1) is 5.69 Å². The maximum Gasteiger partial charge on any atom is 0.408 e. The Bertz CT molecular complexity index is 597. The summed E-state index contributed by atoms with van der Waals surface area (Å²) in [4.78, 5) is 28.4. The van der Waals surface area contributed by atoms with Gasteiger partial charge in [-0.2, -0.15) is 0 Å². The standard InChI is InChI=1S/C14H20N6O3/c15-13(16)19-10-3-1-9(2-4-10)7-18-12(21)11-8-17-5-6-20(11)14(22)23/h1-4,11,17H,5-8H2,(H,18,21)(H,22,23)(H4,15,16,19). The molecule has 1 heterocycles. The Morgan fingerprint density at radius 1 is 1.35 bits per heavy atom. The summed E-state index contributed by atoms with van der Waals surface area (Å²) >= 11 is 0. The zero-order chi connectivity index (χ0) is 16.8. The fourth-order valence-electron chi connectivity index (χ4n) is 2.31. The van der Waals surface area contributed by atoms with Crippen molar-refractivity contribution in [3.63, 3.8) is 0 Å². The first-order valence-electron chi connectivity index (χ1n) is 7.14. The Morgan fingerprint density at radius 2 is 2.04 bits per heavy atom. The predicted octanol–water partition coefficient (Wildman–Crippen LogP) is -0.840. The van der Waals surface area contributed by atoms with Gasteiger partial charge in [-0.25, -0.2) is 9.79 Å². The molecule has 0 bridgehead atoms. The number of carbonyl (C=O) groups excluding carboxylic acids is 1. The number of rotatable bonds is 4. The van der Waals surface area contributed by atoms with Gasteiger partial charge >= 0.3 is 6.09 Å². The number of guanidine groups is 1. The number of nitrogens with two attached hydrogens (primary N) is 2. The molecular weight excluding hydrogens is 300 g/mol. The largest absolute Gasteiger partial charge is 0.465 e. The number of amides is 2. The highest BCUT2D eigenvalue weighted by molar-refractivity contribution is 5.85. The van der Waals surface area contributed by atoms with Crippen LogP contribution >= 0.6 is 0 Å². The van der Waals surface area contributed by atoms with Crippen molar-refractivity contribution in [2.45, 2.75) is 12.6 Å². The normalized spacial score (nSPS) is 17.4. The first kappa shape index (κ1) is 16.6. The summed E-state index contributed by atoms with van der Waals surface area (Å²) in [6.07, 6.45) is -1.09. The number of hydrogen-bond acceptors (Lipinski definition) is 4. The lowest BCUT2D eigenvalue weighted by Gasteiger charge is -2.32. The summed E-state index contributed by atoms with van der Waals surface area (Å²) < 4.78 is 0. The molecule has 23 heavy (non-hydrogen) atoms. The maximum absolute atomic E-state index is 12.2. The molecular formula is C14H20N6O3. The van der Waals surface area contributed by atoms with Crippen molar-refractivity contribution in [1.82, 2.24) is 15.5 Å². The van der Waals surface area contributed by atoms with Crippen LogP contribution in [0.1, 0.15) is 5.56 Å². The minimum absolute atomic E-state index is 0.0235. The van der Waals surface area contributed by atoms with E-state index in [1.807, 2.05) is 0 Å². The van der Waals surface area contributed by atoms with Crippen molar-refractivity contribution in [2.75, 3.05) is 19.6 Å². The van der Waals surface area contributed by atoms with Crippen LogP contribution in [0.5, 0.6) is 0 Å². The van der Waals surface area contributed by atoms with Crippen molar-refractivity contribution in [1.29, 1.82) is 0 Å². The van der Waals surface area contributed by atoms with Crippen LogP contribution in [0.4, 0.5) is 10.5 Å². The Kier molecular flexibility index (Phi) is 5.36. The zero-order valence-electron chi connectivity index (χ0n) is 12.5. The monoisotopic (exact) mass is 320 g/mol. The molecule has 0 spiro atoms. The summed E-state index contributed by atoms with van der Waals surface area (Å²) in [5.41, 5.74) is 12.1. The molecule has 2 rings (SSSR count). The van der Waals surface area contributed by atoms with Crippen LogP contribution in [0.15, 0.2) is 29.3 Å². The number of nitrogens with one attached hydrogen (secondary N) is 2. The molecule has 0 saturated carbocycles. The molecule has 1 aliphatic heterocycles. The van der Waals surface area contributed by atoms with Gasteiger partial charge in [0.2, 0.25) is 5.91 Å². The lowest BCUT2D eigenvalue weighted by molar-refractivity contribution is -0.126. The molecule has 0 radical (unpaired) electrons. The van der Waals surface area contributed by atoms with Crippen LogP contribution in [-0.4, -0.2) is 53.6 Å². The molecule has 124 valence electrons. The minimum atomic E-state index is -1.09. The highest BCUT2D eigenvalue weighted by atomic mass is 16.4. The third kappa shape index (κ3) is 4.58. The third-order valence-corrected chi connectivity index (χ3v) is 3.45. The first-order valence-corrected chi connectivity index (χ1v) is 7.14. The van der Waals surface area contributed by atoms with E-state index in [1.54, 1.807) is 24.3 Å². The number of piperazine rings is 1. The number of aliphatic imine (C=N–C) groups is 1. The van der Waals surface area contributed by atoms with E-state index in [2.05, 4.69) is 15.6 Å². The zero-order valence-corrected chi connectivity index (χ0v) is 12.5. The van der Waals surface area contributed by atoms with Crippen LogP contribution in [0.2, 0.25) is 0 Å². The average molecular weight is 320 g/mol. The summed E-state index contributed by atoms with van der Waals surface area (Å²) in [7, 11) is 0. The van der Waals surface area contributed by atoms with E-state index in [0.29, 0.717) is 31.9 Å². The van der Waals surface area contributed by atoms with Gasteiger partial charge in [0.15, 0.2) is 5.96 Å². The average Bonchev–Trinajstić information content (AvgIpc) is 2.53. The quantitative estimate of drug-likeness (QED) is 0.361. The van der Waals surface area contributed by atoms with Crippen LogP contribution in [0, 0.1) is 0 Å². The molecule has 9 heteroatoms. The summed E-state index contributed by atoms with van der Waals surface area (Å²) in [5, 5.41) is 14.9. The van der Waals surface area contributed by atoms with E-state index in [1.165, 1.54) is 0 Å². The van der Waals surface area contributed by atoms with Gasteiger partial charge < -0.3 is 27.2 Å². The SMILES string of the molecule is NC(N)=Nc1ccc(CNC(=O)C2CNCCN2C(=O)O)cc1. The second kappa shape index (κ2) is 7.45. The lowest BCUT2D eigenvalue weighted by Crippen LogP contribution is -2.59. The molecule has 7 N–H and O–H groups in total. The van der Waals surface area contributed by atoms with Gasteiger partial charge in [0.25, 0.3) is 0 Å². The fourth-order valence-corrected chi connectivity index (χ4v) is 2.31. The van der Waals surface area contributed by atoms with E-state index < -0.39 is 12.1 Å². The van der Waals surface area contributed by atoms with Crippen molar-refractivity contribution in [2.24, 2.45) is 16.5 Å². The second-order valence-corrected chi connectivity index (χ2v) is 5.12. The van der Waals surface area contributed by atoms with Gasteiger partial charge in [0.1, 0.15) is 6.04 Å². The summed E-state index contributed by atoms with van der Waals surface area (Å²) in [6, 6.07) is 6.31. The van der Waals surface area contributed by atoms with E-state index in [9.17, 15) is 9.59 Å². The van der Waals surface area contributed by atoms with Crippen molar-refractivity contribution in [3.8, 4) is 0 Å². The van der Waals surface area contributed by atoms with Crippen molar-refractivity contribution < 1.29 is 14.7 Å². The predicted molar refractivity (Wildman–Crippen MR) is 85.1 cm³/mol. The lowest BCUT2D eigenvalue weighted by atomic mass is 10.1. The van der Waals surface area contributed by atoms with Crippen LogP contribution in [0.25, 0.3) is 0 Å². The molecule has 1 aromatic rings. The molecule has 2 amide bonds. The Balaban J connectivity index is 1.93. The minimum Gasteiger partial charge on any atom is -0.465 e. The van der Waals surface area contributed by atoms with E-state index in [-0.39, 0.29) is 11.9 Å². The summed E-state index contributed by atoms with van der Waals surface area (Å²) in [5.74, 6) is -0.350. The highest BCUT2D eigenvalue weighted by Crippen LogP contribution is 2.12. The molecule has 1 aromatic carbocycles. The molecule has 0 aromatic heterocycles. The molecule has 9 nitrogen and oxygen atoms in total. The molecule has 1 saturated heterocycles. The number of hydrogen-bond donors (Lipinski definition) is 5. The van der Waals surface area contributed by atoms with Crippen LogP contribution < -0.4 is 22.1 Å². The molecule has 1 aliphatic rings. The van der Waals surface area contributed by atoms with E-state index >= 15 is 0 Å². The Morgan fingerprint density at radius 3 is 2.65 bits per heavy atom. The highest BCUT2D eigenvalue weighted by Gasteiger charge is 2.31.